The predicted molar refractivity (Wildman–Crippen MR) is 127 cm³/mol. The first kappa shape index (κ1) is 26.0. The van der Waals surface area contributed by atoms with E-state index < -0.39 is 29.0 Å². The van der Waals surface area contributed by atoms with Gasteiger partial charge in [-0.25, -0.2) is 13.2 Å². The summed E-state index contributed by atoms with van der Waals surface area (Å²) < 4.78 is 40.4. The van der Waals surface area contributed by atoms with Gasteiger partial charge in [0, 0.05) is 31.6 Å². The summed E-state index contributed by atoms with van der Waals surface area (Å²) >= 11 is 0. The van der Waals surface area contributed by atoms with E-state index in [4.69, 9.17) is 0 Å². The molecule has 1 fully saturated rings. The van der Waals surface area contributed by atoms with Crippen LogP contribution in [0.15, 0.2) is 48.5 Å². The van der Waals surface area contributed by atoms with E-state index in [-0.39, 0.29) is 24.3 Å². The Labute approximate surface area is 202 Å². The van der Waals surface area contributed by atoms with Crippen LogP contribution in [0, 0.1) is 23.4 Å². The van der Waals surface area contributed by atoms with Crippen LogP contribution in [0.3, 0.4) is 0 Å². The van der Waals surface area contributed by atoms with Gasteiger partial charge in [0.1, 0.15) is 0 Å². The largest absolute Gasteiger partial charge is 0.339 e. The predicted octanol–water partition coefficient (Wildman–Crippen LogP) is 4.23. The van der Waals surface area contributed by atoms with E-state index in [1.54, 1.807) is 11.0 Å². The first-order valence-electron chi connectivity index (χ1n) is 11.5. The Bertz CT molecular complexity index is 1080. The number of rotatable bonds is 8. The molecule has 186 valence electrons. The summed E-state index contributed by atoms with van der Waals surface area (Å²) in [6, 6.07) is 11.1. The minimum absolute atomic E-state index is 0.127. The highest BCUT2D eigenvalue weighted by Gasteiger charge is 2.30. The molecule has 0 spiro atoms. The number of carbonyl (C=O) groups is 3. The van der Waals surface area contributed by atoms with Crippen molar-refractivity contribution in [3.8, 4) is 0 Å². The molecule has 0 bridgehead atoms. The summed E-state index contributed by atoms with van der Waals surface area (Å²) in [6.45, 7) is 2.66. The van der Waals surface area contributed by atoms with Crippen molar-refractivity contribution < 1.29 is 27.6 Å². The molecule has 1 saturated heterocycles. The smallest absolute Gasteiger partial charge is 0.246 e. The summed E-state index contributed by atoms with van der Waals surface area (Å²) in [5.74, 6) is -5.94. The molecule has 6 nitrogen and oxygen atoms in total. The molecule has 1 N–H and O–H groups in total. The van der Waals surface area contributed by atoms with Crippen molar-refractivity contribution in [2.75, 3.05) is 31.5 Å². The second kappa shape index (κ2) is 12.2. The zero-order valence-corrected chi connectivity index (χ0v) is 19.5. The zero-order chi connectivity index (χ0) is 25.4. The molecule has 1 heterocycles. The maximum absolute atomic E-state index is 13.9. The lowest BCUT2D eigenvalue weighted by atomic mass is 9.95. The van der Waals surface area contributed by atoms with E-state index in [0.29, 0.717) is 45.0 Å². The molecule has 35 heavy (non-hydrogen) atoms. The number of carbonyl (C=O) groups excluding carboxylic acids is 3. The third-order valence-electron chi connectivity index (χ3n) is 5.82. The molecular weight excluding hydrogens is 459 g/mol. The summed E-state index contributed by atoms with van der Waals surface area (Å²) in [5.41, 5.74) is 0.427. The number of likely N-dealkylation sites (tertiary alicyclic amines) is 1. The third-order valence-corrected chi connectivity index (χ3v) is 5.82. The first-order chi connectivity index (χ1) is 16.8. The second-order valence-electron chi connectivity index (χ2n) is 8.37. The van der Waals surface area contributed by atoms with Crippen LogP contribution in [0.1, 0.15) is 31.7 Å². The molecule has 2 aromatic rings. The van der Waals surface area contributed by atoms with Crippen molar-refractivity contribution in [2.45, 2.75) is 26.2 Å². The van der Waals surface area contributed by atoms with Crippen molar-refractivity contribution >= 4 is 29.5 Å². The lowest BCUT2D eigenvalue weighted by molar-refractivity contribution is -0.141. The van der Waals surface area contributed by atoms with Gasteiger partial charge in [0.15, 0.2) is 17.5 Å². The van der Waals surface area contributed by atoms with Crippen molar-refractivity contribution in [1.29, 1.82) is 0 Å². The normalized spacial score (nSPS) is 14.2. The Balaban J connectivity index is 1.54. The van der Waals surface area contributed by atoms with Gasteiger partial charge >= 0.3 is 0 Å². The summed E-state index contributed by atoms with van der Waals surface area (Å²) in [5, 5.41) is 2.20. The molecule has 0 atom stereocenters. The quantitative estimate of drug-likeness (QED) is 0.448. The Morgan fingerprint density at radius 2 is 1.71 bits per heavy atom. The average molecular weight is 488 g/mol. The van der Waals surface area contributed by atoms with E-state index in [1.807, 2.05) is 37.3 Å². The molecular formula is C26H28F3N3O3. The van der Waals surface area contributed by atoms with Gasteiger partial charge in [0.2, 0.25) is 17.7 Å². The van der Waals surface area contributed by atoms with Crippen LogP contribution >= 0.6 is 0 Å². The van der Waals surface area contributed by atoms with E-state index in [9.17, 15) is 27.6 Å². The van der Waals surface area contributed by atoms with Crippen molar-refractivity contribution in [3.63, 3.8) is 0 Å². The fraction of sp³-hybridized carbons (Fsp3) is 0.346. The van der Waals surface area contributed by atoms with Crippen LogP contribution in [0.5, 0.6) is 0 Å². The van der Waals surface area contributed by atoms with E-state index >= 15 is 0 Å². The standard InChI is InChI=1S/C26H28F3N3O3/c1-2-14-32(17-22(33)30-21-10-9-20(27)24(28)25(21)29)26(35)19-12-15-31(16-13-19)23(34)11-8-18-6-4-3-5-7-18/h3-11,19H,2,12-17H2,1H3,(H,30,33)/b11-8+. The summed E-state index contributed by atoms with van der Waals surface area (Å²) in [7, 11) is 0. The van der Waals surface area contributed by atoms with Gasteiger partial charge in [-0.2, -0.15) is 0 Å². The topological polar surface area (TPSA) is 69.7 Å². The number of anilines is 1. The van der Waals surface area contributed by atoms with Gasteiger partial charge < -0.3 is 15.1 Å². The highest BCUT2D eigenvalue weighted by atomic mass is 19.2. The lowest BCUT2D eigenvalue weighted by Gasteiger charge is -2.33. The number of hydrogen-bond acceptors (Lipinski definition) is 3. The zero-order valence-electron chi connectivity index (χ0n) is 19.5. The minimum atomic E-state index is -1.68. The van der Waals surface area contributed by atoms with Crippen LogP contribution in [0.4, 0.5) is 18.9 Å². The number of benzene rings is 2. The highest BCUT2D eigenvalue weighted by Crippen LogP contribution is 2.22. The molecule has 0 unspecified atom stereocenters. The van der Waals surface area contributed by atoms with Gasteiger partial charge in [-0.1, -0.05) is 37.3 Å². The van der Waals surface area contributed by atoms with Crippen molar-refractivity contribution in [1.82, 2.24) is 9.80 Å². The highest BCUT2D eigenvalue weighted by molar-refractivity contribution is 5.95. The first-order valence-corrected chi connectivity index (χ1v) is 11.5. The van der Waals surface area contributed by atoms with Gasteiger partial charge in [0.25, 0.3) is 0 Å². The fourth-order valence-electron chi connectivity index (χ4n) is 3.96. The number of piperidine rings is 1. The van der Waals surface area contributed by atoms with Crippen LogP contribution in [-0.2, 0) is 14.4 Å². The average Bonchev–Trinajstić information content (AvgIpc) is 2.87. The van der Waals surface area contributed by atoms with Crippen LogP contribution in [0.2, 0.25) is 0 Å². The Morgan fingerprint density at radius 1 is 1.03 bits per heavy atom. The van der Waals surface area contributed by atoms with Crippen LogP contribution < -0.4 is 5.32 Å². The van der Waals surface area contributed by atoms with E-state index in [2.05, 4.69) is 5.32 Å². The fourth-order valence-corrected chi connectivity index (χ4v) is 3.96. The van der Waals surface area contributed by atoms with Crippen molar-refractivity contribution in [3.05, 3.63) is 71.6 Å². The maximum Gasteiger partial charge on any atom is 0.246 e. The molecule has 0 aliphatic carbocycles. The minimum Gasteiger partial charge on any atom is -0.339 e. The monoisotopic (exact) mass is 487 g/mol. The lowest BCUT2D eigenvalue weighted by Crippen LogP contribution is -2.46. The molecule has 3 rings (SSSR count). The second-order valence-corrected chi connectivity index (χ2v) is 8.37. The van der Waals surface area contributed by atoms with Gasteiger partial charge in [-0.05, 0) is 43.0 Å². The van der Waals surface area contributed by atoms with E-state index in [0.717, 1.165) is 11.6 Å². The molecule has 0 radical (unpaired) electrons. The number of halogens is 3. The van der Waals surface area contributed by atoms with Crippen molar-refractivity contribution in [2.24, 2.45) is 5.92 Å². The Morgan fingerprint density at radius 3 is 2.37 bits per heavy atom. The number of nitrogens with zero attached hydrogens (tertiary/aromatic N) is 2. The van der Waals surface area contributed by atoms with Gasteiger partial charge in [-0.3, -0.25) is 14.4 Å². The van der Waals surface area contributed by atoms with Crippen LogP contribution in [0.25, 0.3) is 6.08 Å². The SMILES string of the molecule is CCCN(CC(=O)Nc1ccc(F)c(F)c1F)C(=O)C1CCN(C(=O)/C=C/c2ccccc2)CC1. The molecule has 0 saturated carbocycles. The maximum atomic E-state index is 13.9. The molecule has 9 heteroatoms. The van der Waals surface area contributed by atoms with Gasteiger partial charge in [0.05, 0.1) is 12.2 Å². The number of hydrogen-bond donors (Lipinski definition) is 1. The Hall–Kier alpha value is -3.62. The molecule has 0 aromatic heterocycles. The number of amides is 3. The van der Waals surface area contributed by atoms with Crippen LogP contribution in [-0.4, -0.2) is 53.7 Å². The molecule has 3 amide bonds. The third kappa shape index (κ3) is 6.94. The molecule has 1 aliphatic rings. The van der Waals surface area contributed by atoms with Gasteiger partial charge in [-0.15, -0.1) is 0 Å². The van der Waals surface area contributed by atoms with E-state index in [1.165, 1.54) is 11.0 Å². The summed E-state index contributed by atoms with van der Waals surface area (Å²) in [6.07, 6.45) is 4.78. The number of nitrogens with one attached hydrogen (secondary N) is 1. The molecule has 1 aliphatic heterocycles. The summed E-state index contributed by atoms with van der Waals surface area (Å²) in [4.78, 5) is 41.0. The Kier molecular flexibility index (Phi) is 9.05. The molecule has 2 aromatic carbocycles.